The van der Waals surface area contributed by atoms with Crippen molar-refractivity contribution in [1.29, 1.82) is 0 Å². The van der Waals surface area contributed by atoms with Gasteiger partial charge in [0.05, 0.1) is 6.04 Å². The maximum Gasteiger partial charge on any atom is 0.149 e. The SMILES string of the molecule is CC(C)CNC(C)c1nnc2n1CCCCC2. The fourth-order valence-electron chi connectivity index (χ4n) is 2.33. The summed E-state index contributed by atoms with van der Waals surface area (Å²) in [5, 5.41) is 12.2. The number of aryl methyl sites for hydroxylation is 1. The zero-order valence-electron chi connectivity index (χ0n) is 11.2. The Kier molecular flexibility index (Phi) is 4.15. The number of aromatic nitrogens is 3. The van der Waals surface area contributed by atoms with Crippen LogP contribution in [0.5, 0.6) is 0 Å². The van der Waals surface area contributed by atoms with Gasteiger partial charge < -0.3 is 9.88 Å². The molecular formula is C13H24N4. The molecule has 1 aliphatic heterocycles. The molecule has 0 amide bonds. The van der Waals surface area contributed by atoms with Crippen LogP contribution in [0.15, 0.2) is 0 Å². The first kappa shape index (κ1) is 12.6. The fraction of sp³-hybridized carbons (Fsp3) is 0.846. The minimum Gasteiger partial charge on any atom is -0.314 e. The molecule has 0 fully saturated rings. The second kappa shape index (κ2) is 5.63. The first-order valence-corrected chi connectivity index (χ1v) is 6.84. The Morgan fingerprint density at radius 1 is 1.18 bits per heavy atom. The molecule has 4 nitrogen and oxygen atoms in total. The molecule has 1 aromatic rings. The van der Waals surface area contributed by atoms with Crippen LogP contribution >= 0.6 is 0 Å². The lowest BCUT2D eigenvalue weighted by atomic mass is 10.2. The number of nitrogens with zero attached hydrogens (tertiary/aromatic N) is 3. The van der Waals surface area contributed by atoms with Crippen molar-refractivity contribution >= 4 is 0 Å². The topological polar surface area (TPSA) is 42.7 Å². The Morgan fingerprint density at radius 2 is 2.00 bits per heavy atom. The number of nitrogens with one attached hydrogen (secondary N) is 1. The van der Waals surface area contributed by atoms with Gasteiger partial charge in [-0.3, -0.25) is 0 Å². The molecule has 1 aromatic heterocycles. The van der Waals surface area contributed by atoms with Crippen molar-refractivity contribution in [2.24, 2.45) is 5.92 Å². The van der Waals surface area contributed by atoms with E-state index in [4.69, 9.17) is 0 Å². The van der Waals surface area contributed by atoms with E-state index >= 15 is 0 Å². The summed E-state index contributed by atoms with van der Waals surface area (Å²) in [4.78, 5) is 0. The summed E-state index contributed by atoms with van der Waals surface area (Å²) in [6.07, 6.45) is 4.92. The highest BCUT2D eigenvalue weighted by Crippen LogP contribution is 2.18. The Bertz CT molecular complexity index is 356. The zero-order chi connectivity index (χ0) is 12.3. The van der Waals surface area contributed by atoms with E-state index < -0.39 is 0 Å². The van der Waals surface area contributed by atoms with Crippen LogP contribution in [0.1, 0.15) is 57.7 Å². The first-order chi connectivity index (χ1) is 8.18. The quantitative estimate of drug-likeness (QED) is 0.872. The van der Waals surface area contributed by atoms with Crippen LogP contribution < -0.4 is 5.32 Å². The van der Waals surface area contributed by atoms with E-state index in [2.05, 4.69) is 40.9 Å². The van der Waals surface area contributed by atoms with Gasteiger partial charge in [0, 0.05) is 13.0 Å². The molecule has 0 spiro atoms. The molecule has 0 saturated heterocycles. The van der Waals surface area contributed by atoms with Gasteiger partial charge in [-0.1, -0.05) is 20.3 Å². The van der Waals surface area contributed by atoms with E-state index in [1.807, 2.05) is 0 Å². The van der Waals surface area contributed by atoms with Crippen LogP contribution in [0.3, 0.4) is 0 Å². The summed E-state index contributed by atoms with van der Waals surface area (Å²) < 4.78 is 2.32. The molecule has 0 radical (unpaired) electrons. The maximum absolute atomic E-state index is 4.37. The maximum atomic E-state index is 4.37. The first-order valence-electron chi connectivity index (χ1n) is 6.84. The van der Waals surface area contributed by atoms with E-state index in [1.54, 1.807) is 0 Å². The second-order valence-corrected chi connectivity index (χ2v) is 5.46. The Balaban J connectivity index is 2.07. The van der Waals surface area contributed by atoms with Gasteiger partial charge in [0.15, 0.2) is 0 Å². The molecule has 17 heavy (non-hydrogen) atoms. The van der Waals surface area contributed by atoms with Gasteiger partial charge >= 0.3 is 0 Å². The summed E-state index contributed by atoms with van der Waals surface area (Å²) in [7, 11) is 0. The average Bonchev–Trinajstić information content (AvgIpc) is 2.55. The van der Waals surface area contributed by atoms with Gasteiger partial charge in [0.1, 0.15) is 11.6 Å². The Morgan fingerprint density at radius 3 is 2.76 bits per heavy atom. The van der Waals surface area contributed by atoms with Crippen LogP contribution in [0.4, 0.5) is 0 Å². The normalized spacial score (nSPS) is 17.9. The van der Waals surface area contributed by atoms with Gasteiger partial charge in [-0.15, -0.1) is 10.2 Å². The lowest BCUT2D eigenvalue weighted by molar-refractivity contribution is 0.461. The number of hydrogen-bond acceptors (Lipinski definition) is 3. The van der Waals surface area contributed by atoms with Crippen molar-refractivity contribution in [2.75, 3.05) is 6.54 Å². The Labute approximate surface area is 104 Å². The van der Waals surface area contributed by atoms with E-state index in [9.17, 15) is 0 Å². The molecule has 4 heteroatoms. The molecule has 1 aliphatic rings. The third-order valence-corrected chi connectivity index (χ3v) is 3.36. The van der Waals surface area contributed by atoms with Crippen molar-refractivity contribution in [3.8, 4) is 0 Å². The van der Waals surface area contributed by atoms with Crippen LogP contribution in [-0.4, -0.2) is 21.3 Å². The van der Waals surface area contributed by atoms with Gasteiger partial charge in [0.25, 0.3) is 0 Å². The fourth-order valence-corrected chi connectivity index (χ4v) is 2.33. The van der Waals surface area contributed by atoms with Crippen molar-refractivity contribution < 1.29 is 0 Å². The molecule has 0 bridgehead atoms. The molecular weight excluding hydrogens is 212 g/mol. The molecule has 1 N–H and O–H groups in total. The van der Waals surface area contributed by atoms with E-state index in [1.165, 1.54) is 25.1 Å². The third-order valence-electron chi connectivity index (χ3n) is 3.36. The molecule has 96 valence electrons. The summed E-state index contributed by atoms with van der Waals surface area (Å²) >= 11 is 0. The van der Waals surface area contributed by atoms with Crippen LogP contribution in [0, 0.1) is 5.92 Å². The standard InChI is InChI=1S/C13H24N4/c1-10(2)9-14-11(3)13-16-15-12-7-5-4-6-8-17(12)13/h10-11,14H,4-9H2,1-3H3. The van der Waals surface area contributed by atoms with E-state index in [0.29, 0.717) is 12.0 Å². The van der Waals surface area contributed by atoms with Gasteiger partial charge in [0.2, 0.25) is 0 Å². The highest BCUT2D eigenvalue weighted by molar-refractivity contribution is 5.01. The molecule has 1 unspecified atom stereocenters. The van der Waals surface area contributed by atoms with E-state index in [0.717, 1.165) is 25.3 Å². The van der Waals surface area contributed by atoms with Gasteiger partial charge in [-0.05, 0) is 32.2 Å². The lowest BCUT2D eigenvalue weighted by Gasteiger charge is -2.16. The summed E-state index contributed by atoms with van der Waals surface area (Å²) in [5.74, 6) is 2.96. The van der Waals surface area contributed by atoms with Crippen molar-refractivity contribution in [2.45, 2.75) is 59.0 Å². The molecule has 0 saturated carbocycles. The van der Waals surface area contributed by atoms with Crippen molar-refractivity contribution in [1.82, 2.24) is 20.1 Å². The zero-order valence-corrected chi connectivity index (χ0v) is 11.2. The van der Waals surface area contributed by atoms with Gasteiger partial charge in [-0.2, -0.15) is 0 Å². The van der Waals surface area contributed by atoms with Crippen LogP contribution in [0.2, 0.25) is 0 Å². The summed E-state index contributed by atoms with van der Waals surface area (Å²) in [6.45, 7) is 8.76. The molecule has 2 heterocycles. The highest BCUT2D eigenvalue weighted by Gasteiger charge is 2.18. The minimum absolute atomic E-state index is 0.303. The monoisotopic (exact) mass is 236 g/mol. The average molecular weight is 236 g/mol. The smallest absolute Gasteiger partial charge is 0.149 e. The van der Waals surface area contributed by atoms with Crippen molar-refractivity contribution in [3.63, 3.8) is 0 Å². The second-order valence-electron chi connectivity index (χ2n) is 5.46. The molecule has 0 aromatic carbocycles. The minimum atomic E-state index is 0.303. The number of hydrogen-bond donors (Lipinski definition) is 1. The van der Waals surface area contributed by atoms with Crippen LogP contribution in [0.25, 0.3) is 0 Å². The van der Waals surface area contributed by atoms with E-state index in [-0.39, 0.29) is 0 Å². The largest absolute Gasteiger partial charge is 0.314 e. The number of rotatable bonds is 4. The number of fused-ring (bicyclic) bond motifs is 1. The van der Waals surface area contributed by atoms with Gasteiger partial charge in [-0.25, -0.2) is 0 Å². The van der Waals surface area contributed by atoms with Crippen LogP contribution in [-0.2, 0) is 13.0 Å². The predicted molar refractivity (Wildman–Crippen MR) is 68.8 cm³/mol. The van der Waals surface area contributed by atoms with Crippen molar-refractivity contribution in [3.05, 3.63) is 11.6 Å². The summed E-state index contributed by atoms with van der Waals surface area (Å²) in [6, 6.07) is 0.303. The molecule has 1 atom stereocenters. The molecule has 2 rings (SSSR count). The predicted octanol–water partition coefficient (Wildman–Crippen LogP) is 2.31. The highest BCUT2D eigenvalue weighted by atomic mass is 15.3. The third kappa shape index (κ3) is 3.06. The lowest BCUT2D eigenvalue weighted by Crippen LogP contribution is -2.26. The Hall–Kier alpha value is -0.900. The summed E-state index contributed by atoms with van der Waals surface area (Å²) in [5.41, 5.74) is 0. The molecule has 0 aliphatic carbocycles.